The molecule has 9 heteroatoms. The second kappa shape index (κ2) is 7.99. The molecule has 2 fully saturated rings. The molecule has 2 saturated heterocycles. The third-order valence-electron chi connectivity index (χ3n) is 5.98. The summed E-state index contributed by atoms with van der Waals surface area (Å²) in [5.74, 6) is -1.80. The molecule has 0 aliphatic carbocycles. The van der Waals surface area contributed by atoms with Gasteiger partial charge in [-0.25, -0.2) is 9.96 Å². The van der Waals surface area contributed by atoms with Gasteiger partial charge >= 0.3 is 0 Å². The third kappa shape index (κ3) is 3.44. The van der Waals surface area contributed by atoms with E-state index in [1.54, 1.807) is 41.5 Å². The Labute approximate surface area is 194 Å². The SMILES string of the molecule is Cc1ccccc1N1OC2C(=O)N(c3ccc(Cl)cc3)C(=O)C2C1c1cccc([N+](=O)[O-])c1. The van der Waals surface area contributed by atoms with Crippen molar-refractivity contribution < 1.29 is 19.3 Å². The molecule has 3 unspecified atom stereocenters. The molecule has 0 spiro atoms. The van der Waals surface area contributed by atoms with Crippen LogP contribution < -0.4 is 9.96 Å². The van der Waals surface area contributed by atoms with Crippen LogP contribution in [0.1, 0.15) is 17.2 Å². The first-order valence-electron chi connectivity index (χ1n) is 10.3. The van der Waals surface area contributed by atoms with Gasteiger partial charge in [0.15, 0.2) is 6.10 Å². The van der Waals surface area contributed by atoms with Crippen LogP contribution in [-0.2, 0) is 14.4 Å². The second-order valence-corrected chi connectivity index (χ2v) is 8.39. The van der Waals surface area contributed by atoms with Crippen LogP contribution in [0, 0.1) is 23.0 Å². The summed E-state index contributed by atoms with van der Waals surface area (Å²) in [5, 5.41) is 13.4. The summed E-state index contributed by atoms with van der Waals surface area (Å²) in [5.41, 5.74) is 2.36. The summed E-state index contributed by atoms with van der Waals surface area (Å²) in [6, 6.07) is 19.2. The maximum absolute atomic E-state index is 13.6. The van der Waals surface area contributed by atoms with E-state index in [1.807, 2.05) is 31.2 Å². The average Bonchev–Trinajstić information content (AvgIpc) is 3.31. The topological polar surface area (TPSA) is 93.0 Å². The molecule has 0 aromatic heterocycles. The van der Waals surface area contributed by atoms with Gasteiger partial charge in [0.25, 0.3) is 11.6 Å². The number of hydroxylamine groups is 1. The zero-order chi connectivity index (χ0) is 23.3. The van der Waals surface area contributed by atoms with E-state index in [-0.39, 0.29) is 5.69 Å². The van der Waals surface area contributed by atoms with Crippen LogP contribution in [-0.4, -0.2) is 22.8 Å². The molecule has 3 aromatic rings. The average molecular weight is 464 g/mol. The maximum atomic E-state index is 13.6. The lowest BCUT2D eigenvalue weighted by Crippen LogP contribution is -2.37. The van der Waals surface area contributed by atoms with Crippen molar-refractivity contribution in [3.8, 4) is 0 Å². The molecule has 3 aromatic carbocycles. The van der Waals surface area contributed by atoms with Crippen molar-refractivity contribution in [2.75, 3.05) is 9.96 Å². The minimum atomic E-state index is -1.06. The van der Waals surface area contributed by atoms with E-state index in [0.717, 1.165) is 10.5 Å². The van der Waals surface area contributed by atoms with Gasteiger partial charge in [0.1, 0.15) is 5.92 Å². The smallest absolute Gasteiger partial charge is 0.269 e. The summed E-state index contributed by atoms with van der Waals surface area (Å²) in [7, 11) is 0. The number of anilines is 2. The van der Waals surface area contributed by atoms with Crippen LogP contribution in [0.5, 0.6) is 0 Å². The van der Waals surface area contributed by atoms with Crippen LogP contribution in [0.25, 0.3) is 0 Å². The molecule has 2 heterocycles. The number of imide groups is 1. The van der Waals surface area contributed by atoms with Crippen LogP contribution in [0.4, 0.5) is 17.1 Å². The van der Waals surface area contributed by atoms with E-state index >= 15 is 0 Å². The highest BCUT2D eigenvalue weighted by Crippen LogP contribution is 2.48. The first-order chi connectivity index (χ1) is 15.9. The number of nitro benzene ring substituents is 1. The summed E-state index contributed by atoms with van der Waals surface area (Å²) in [6.45, 7) is 1.89. The fraction of sp³-hybridized carbons (Fsp3) is 0.167. The fourth-order valence-electron chi connectivity index (χ4n) is 4.44. The normalized spacial score (nSPS) is 22.1. The van der Waals surface area contributed by atoms with Crippen LogP contribution in [0.3, 0.4) is 0 Å². The monoisotopic (exact) mass is 463 g/mol. The van der Waals surface area contributed by atoms with Gasteiger partial charge in [-0.2, -0.15) is 0 Å². The molecule has 0 N–H and O–H groups in total. The quantitative estimate of drug-likeness (QED) is 0.319. The molecular formula is C24H18ClN3O5. The Morgan fingerprint density at radius 1 is 0.970 bits per heavy atom. The van der Waals surface area contributed by atoms with Gasteiger partial charge in [-0.05, 0) is 48.4 Å². The Balaban J connectivity index is 1.62. The van der Waals surface area contributed by atoms with Crippen molar-refractivity contribution in [1.29, 1.82) is 0 Å². The van der Waals surface area contributed by atoms with Gasteiger partial charge in [-0.3, -0.25) is 24.5 Å². The summed E-state index contributed by atoms with van der Waals surface area (Å²) in [4.78, 5) is 45.0. The van der Waals surface area contributed by atoms with Crippen molar-refractivity contribution in [2.45, 2.75) is 19.1 Å². The van der Waals surface area contributed by atoms with E-state index < -0.39 is 34.8 Å². The Bertz CT molecular complexity index is 1280. The highest BCUT2D eigenvalue weighted by Gasteiger charge is 2.60. The lowest BCUT2D eigenvalue weighted by atomic mass is 9.90. The molecule has 2 aliphatic rings. The number of amides is 2. The van der Waals surface area contributed by atoms with E-state index in [2.05, 4.69) is 0 Å². The molecule has 5 rings (SSSR count). The number of fused-ring (bicyclic) bond motifs is 1. The molecule has 3 atom stereocenters. The first-order valence-corrected chi connectivity index (χ1v) is 10.6. The number of aryl methyl sites for hydroxylation is 1. The Morgan fingerprint density at radius 2 is 1.70 bits per heavy atom. The number of hydrogen-bond donors (Lipinski definition) is 0. The van der Waals surface area contributed by atoms with Gasteiger partial charge < -0.3 is 0 Å². The molecule has 0 bridgehead atoms. The zero-order valence-electron chi connectivity index (χ0n) is 17.4. The van der Waals surface area contributed by atoms with Crippen molar-refractivity contribution in [1.82, 2.24) is 0 Å². The Morgan fingerprint density at radius 3 is 2.39 bits per heavy atom. The van der Waals surface area contributed by atoms with E-state index in [4.69, 9.17) is 16.4 Å². The Kier molecular flexibility index (Phi) is 5.11. The van der Waals surface area contributed by atoms with Gasteiger partial charge in [0, 0.05) is 17.2 Å². The van der Waals surface area contributed by atoms with Gasteiger partial charge in [-0.1, -0.05) is 41.9 Å². The number of benzene rings is 3. The summed E-state index contributed by atoms with van der Waals surface area (Å²) >= 11 is 5.96. The predicted octanol–water partition coefficient (Wildman–Crippen LogP) is 4.61. The minimum absolute atomic E-state index is 0.105. The zero-order valence-corrected chi connectivity index (χ0v) is 18.2. The summed E-state index contributed by atoms with van der Waals surface area (Å²) < 4.78 is 0. The van der Waals surface area contributed by atoms with Crippen molar-refractivity contribution in [3.63, 3.8) is 0 Å². The van der Waals surface area contributed by atoms with Crippen LogP contribution >= 0.6 is 11.6 Å². The van der Waals surface area contributed by atoms with Crippen LogP contribution in [0.15, 0.2) is 72.8 Å². The largest absolute Gasteiger partial charge is 0.273 e. The molecule has 33 heavy (non-hydrogen) atoms. The van der Waals surface area contributed by atoms with E-state index in [1.165, 1.54) is 12.1 Å². The highest BCUT2D eigenvalue weighted by atomic mass is 35.5. The highest BCUT2D eigenvalue weighted by molar-refractivity contribution is 6.31. The fourth-order valence-corrected chi connectivity index (χ4v) is 4.57. The van der Waals surface area contributed by atoms with E-state index in [9.17, 15) is 19.7 Å². The van der Waals surface area contributed by atoms with Crippen molar-refractivity contribution in [2.24, 2.45) is 5.92 Å². The number of hydrogen-bond acceptors (Lipinski definition) is 6. The molecule has 2 aliphatic heterocycles. The molecule has 0 saturated carbocycles. The lowest BCUT2D eigenvalue weighted by molar-refractivity contribution is -0.384. The number of carbonyl (C=O) groups excluding carboxylic acids is 2. The molecule has 166 valence electrons. The number of carbonyl (C=O) groups is 2. The Hall–Kier alpha value is -3.75. The van der Waals surface area contributed by atoms with Gasteiger partial charge in [0.05, 0.1) is 22.3 Å². The van der Waals surface area contributed by atoms with Gasteiger partial charge in [-0.15, -0.1) is 0 Å². The number of nitrogens with zero attached hydrogens (tertiary/aromatic N) is 3. The number of nitro groups is 1. The third-order valence-corrected chi connectivity index (χ3v) is 6.23. The van der Waals surface area contributed by atoms with Gasteiger partial charge in [0.2, 0.25) is 5.91 Å². The lowest BCUT2D eigenvalue weighted by Gasteiger charge is -2.29. The number of rotatable bonds is 4. The molecular weight excluding hydrogens is 446 g/mol. The number of non-ortho nitro benzene ring substituents is 1. The maximum Gasteiger partial charge on any atom is 0.269 e. The molecule has 0 radical (unpaired) electrons. The predicted molar refractivity (Wildman–Crippen MR) is 122 cm³/mol. The van der Waals surface area contributed by atoms with Crippen molar-refractivity contribution in [3.05, 3.63) is 99.1 Å². The standard InChI is InChI=1S/C24H18ClN3O5/c1-14-5-2-3-8-19(14)27-21(15-6-4-7-18(13-15)28(31)32)20-22(33-27)24(30)26(23(20)29)17-11-9-16(25)10-12-17/h2-13,20-22H,1H3. The van der Waals surface area contributed by atoms with E-state index in [0.29, 0.717) is 22.0 Å². The number of para-hydroxylation sites is 1. The second-order valence-electron chi connectivity index (χ2n) is 7.95. The van der Waals surface area contributed by atoms with Crippen molar-refractivity contribution >= 4 is 40.5 Å². The number of halogens is 1. The molecule has 2 amide bonds. The minimum Gasteiger partial charge on any atom is -0.273 e. The molecule has 8 nitrogen and oxygen atoms in total. The summed E-state index contributed by atoms with van der Waals surface area (Å²) in [6.07, 6.45) is -1.06. The first kappa shape index (κ1) is 21.1. The van der Waals surface area contributed by atoms with Crippen LogP contribution in [0.2, 0.25) is 5.02 Å².